The molecule has 2 N–H and O–H groups in total. The minimum absolute atomic E-state index is 0.550. The molecular formula is C13H21N3OS. The van der Waals surface area contributed by atoms with Gasteiger partial charge in [-0.1, -0.05) is 13.8 Å². The Hall–Kier alpha value is -1.10. The summed E-state index contributed by atoms with van der Waals surface area (Å²) in [6.07, 6.45) is 0. The van der Waals surface area contributed by atoms with Crippen LogP contribution in [-0.4, -0.2) is 35.2 Å². The lowest BCUT2D eigenvalue weighted by molar-refractivity contribution is 0.329. The van der Waals surface area contributed by atoms with Crippen molar-refractivity contribution in [3.8, 4) is 5.88 Å². The number of hydrogen-bond donors (Lipinski definition) is 1. The number of nitrogen functional groups attached to an aromatic ring is 1. The third-order valence-electron chi connectivity index (χ3n) is 2.90. The zero-order chi connectivity index (χ0) is 13.1. The Labute approximate surface area is 113 Å². The first kappa shape index (κ1) is 13.3. The first-order valence-electron chi connectivity index (χ1n) is 6.40. The number of hydrogen-bond acceptors (Lipinski definition) is 5. The van der Waals surface area contributed by atoms with Crippen molar-refractivity contribution < 1.29 is 4.74 Å². The lowest BCUT2D eigenvalue weighted by Gasteiger charge is -2.35. The lowest BCUT2D eigenvalue weighted by atomic mass is 10.3. The van der Waals surface area contributed by atoms with Crippen LogP contribution in [0.15, 0.2) is 12.1 Å². The number of nitrogens with two attached hydrogens (primary N) is 1. The molecule has 2 rings (SSSR count). The topological polar surface area (TPSA) is 51.4 Å². The summed E-state index contributed by atoms with van der Waals surface area (Å²) in [6, 6.07) is 3.86. The molecular weight excluding hydrogens is 246 g/mol. The molecule has 0 radical (unpaired) electrons. The Balaban J connectivity index is 2.19. The number of nitrogens with zero attached hydrogens (tertiary/aromatic N) is 2. The summed E-state index contributed by atoms with van der Waals surface area (Å²) in [5.41, 5.74) is 6.45. The van der Waals surface area contributed by atoms with Gasteiger partial charge in [0.05, 0.1) is 12.3 Å². The van der Waals surface area contributed by atoms with Crippen molar-refractivity contribution in [2.45, 2.75) is 31.3 Å². The summed E-state index contributed by atoms with van der Waals surface area (Å²) in [6.45, 7) is 9.09. The van der Waals surface area contributed by atoms with E-state index in [1.54, 1.807) is 0 Å². The molecule has 0 saturated carbocycles. The van der Waals surface area contributed by atoms with Crippen LogP contribution in [0.2, 0.25) is 0 Å². The molecule has 100 valence electrons. The van der Waals surface area contributed by atoms with Crippen LogP contribution in [0, 0.1) is 0 Å². The highest BCUT2D eigenvalue weighted by Crippen LogP contribution is 2.30. The largest absolute Gasteiger partial charge is 0.476 e. The zero-order valence-electron chi connectivity index (χ0n) is 11.2. The Morgan fingerprint density at radius 1 is 1.39 bits per heavy atom. The molecule has 0 aliphatic carbocycles. The molecule has 0 amide bonds. The molecule has 18 heavy (non-hydrogen) atoms. The van der Waals surface area contributed by atoms with E-state index in [0.717, 1.165) is 18.9 Å². The van der Waals surface area contributed by atoms with Gasteiger partial charge in [-0.2, -0.15) is 16.7 Å². The Bertz CT molecular complexity index is 403. The van der Waals surface area contributed by atoms with Crippen molar-refractivity contribution in [2.75, 3.05) is 30.3 Å². The Morgan fingerprint density at radius 3 is 2.67 bits per heavy atom. The second-order valence-electron chi connectivity index (χ2n) is 4.66. The standard InChI is InChI=1S/C13H21N3OS/c1-4-17-13-11(14)5-6-12(15-13)16-7-9(2)18-10(3)8-16/h5-6,9-10H,4,7-8,14H2,1-3H3. The second-order valence-corrected chi connectivity index (χ2v) is 6.54. The predicted octanol–water partition coefficient (Wildman–Crippen LogP) is 2.39. The van der Waals surface area contributed by atoms with E-state index in [-0.39, 0.29) is 0 Å². The molecule has 1 saturated heterocycles. The minimum Gasteiger partial charge on any atom is -0.476 e. The van der Waals surface area contributed by atoms with Crippen molar-refractivity contribution in [3.05, 3.63) is 12.1 Å². The number of ether oxygens (including phenoxy) is 1. The van der Waals surface area contributed by atoms with Crippen molar-refractivity contribution in [1.82, 2.24) is 4.98 Å². The molecule has 5 heteroatoms. The molecule has 2 atom stereocenters. The van der Waals surface area contributed by atoms with Crippen LogP contribution in [0.4, 0.5) is 11.5 Å². The van der Waals surface area contributed by atoms with Gasteiger partial charge in [-0.25, -0.2) is 0 Å². The van der Waals surface area contributed by atoms with E-state index in [1.807, 2.05) is 30.8 Å². The summed E-state index contributed by atoms with van der Waals surface area (Å²) in [5.74, 6) is 1.51. The Kier molecular flexibility index (Phi) is 4.22. The highest BCUT2D eigenvalue weighted by molar-refractivity contribution is 8.00. The molecule has 4 nitrogen and oxygen atoms in total. The summed E-state index contributed by atoms with van der Waals surface area (Å²) < 4.78 is 5.45. The van der Waals surface area contributed by atoms with Crippen LogP contribution in [-0.2, 0) is 0 Å². The van der Waals surface area contributed by atoms with Crippen LogP contribution in [0.3, 0.4) is 0 Å². The third-order valence-corrected chi connectivity index (χ3v) is 4.13. The van der Waals surface area contributed by atoms with Crippen LogP contribution >= 0.6 is 11.8 Å². The smallest absolute Gasteiger partial charge is 0.239 e. The molecule has 2 heterocycles. The van der Waals surface area contributed by atoms with Crippen LogP contribution < -0.4 is 15.4 Å². The molecule has 0 aromatic carbocycles. The third kappa shape index (κ3) is 3.02. The maximum atomic E-state index is 5.85. The lowest BCUT2D eigenvalue weighted by Crippen LogP contribution is -2.40. The van der Waals surface area contributed by atoms with Crippen LogP contribution in [0.25, 0.3) is 0 Å². The number of anilines is 2. The van der Waals surface area contributed by atoms with E-state index in [2.05, 4.69) is 23.7 Å². The quantitative estimate of drug-likeness (QED) is 0.911. The molecule has 1 aromatic heterocycles. The van der Waals surface area contributed by atoms with Crippen molar-refractivity contribution in [3.63, 3.8) is 0 Å². The van der Waals surface area contributed by atoms with E-state index in [1.165, 1.54) is 0 Å². The van der Waals surface area contributed by atoms with Gasteiger partial charge in [0.1, 0.15) is 5.82 Å². The predicted molar refractivity (Wildman–Crippen MR) is 78.5 cm³/mol. The van der Waals surface area contributed by atoms with Gasteiger partial charge in [-0.05, 0) is 19.1 Å². The molecule has 1 aliphatic heterocycles. The Morgan fingerprint density at radius 2 is 2.06 bits per heavy atom. The molecule has 1 fully saturated rings. The summed E-state index contributed by atoms with van der Waals surface area (Å²) in [4.78, 5) is 6.84. The fourth-order valence-electron chi connectivity index (χ4n) is 2.23. The normalized spacial score (nSPS) is 24.1. The van der Waals surface area contributed by atoms with Gasteiger partial charge < -0.3 is 15.4 Å². The van der Waals surface area contributed by atoms with Gasteiger partial charge in [0.15, 0.2) is 0 Å². The molecule has 0 bridgehead atoms. The highest BCUT2D eigenvalue weighted by Gasteiger charge is 2.23. The first-order chi connectivity index (χ1) is 8.60. The number of thioether (sulfide) groups is 1. The molecule has 1 aromatic rings. The van der Waals surface area contributed by atoms with E-state index >= 15 is 0 Å². The average molecular weight is 267 g/mol. The van der Waals surface area contributed by atoms with E-state index < -0.39 is 0 Å². The van der Waals surface area contributed by atoms with Crippen LogP contribution in [0.5, 0.6) is 5.88 Å². The molecule has 0 spiro atoms. The van der Waals surface area contributed by atoms with Crippen molar-refractivity contribution >= 4 is 23.3 Å². The number of pyridine rings is 1. The average Bonchev–Trinajstić information content (AvgIpc) is 2.31. The zero-order valence-corrected chi connectivity index (χ0v) is 12.0. The molecule has 1 aliphatic rings. The summed E-state index contributed by atoms with van der Waals surface area (Å²) in [5, 5.41) is 1.26. The minimum atomic E-state index is 0.550. The fourth-order valence-corrected chi connectivity index (χ4v) is 3.56. The van der Waals surface area contributed by atoms with E-state index in [0.29, 0.717) is 28.7 Å². The maximum absolute atomic E-state index is 5.85. The SMILES string of the molecule is CCOc1nc(N2CC(C)SC(C)C2)ccc1N. The van der Waals surface area contributed by atoms with Gasteiger partial charge in [0.2, 0.25) is 5.88 Å². The summed E-state index contributed by atoms with van der Waals surface area (Å²) >= 11 is 2.03. The monoisotopic (exact) mass is 267 g/mol. The van der Waals surface area contributed by atoms with E-state index in [4.69, 9.17) is 10.5 Å². The van der Waals surface area contributed by atoms with Gasteiger partial charge in [-0.3, -0.25) is 0 Å². The van der Waals surface area contributed by atoms with Crippen molar-refractivity contribution in [2.24, 2.45) is 0 Å². The van der Waals surface area contributed by atoms with Gasteiger partial charge >= 0.3 is 0 Å². The second kappa shape index (κ2) is 5.69. The van der Waals surface area contributed by atoms with Gasteiger partial charge in [0, 0.05) is 23.6 Å². The maximum Gasteiger partial charge on any atom is 0.239 e. The van der Waals surface area contributed by atoms with Gasteiger partial charge in [0.25, 0.3) is 0 Å². The fraction of sp³-hybridized carbons (Fsp3) is 0.615. The number of rotatable bonds is 3. The van der Waals surface area contributed by atoms with Crippen molar-refractivity contribution in [1.29, 1.82) is 0 Å². The van der Waals surface area contributed by atoms with Gasteiger partial charge in [-0.15, -0.1) is 0 Å². The number of aromatic nitrogens is 1. The molecule has 2 unspecified atom stereocenters. The summed E-state index contributed by atoms with van der Waals surface area (Å²) in [7, 11) is 0. The van der Waals surface area contributed by atoms with E-state index in [9.17, 15) is 0 Å². The highest BCUT2D eigenvalue weighted by atomic mass is 32.2. The van der Waals surface area contributed by atoms with Crippen LogP contribution in [0.1, 0.15) is 20.8 Å². The first-order valence-corrected chi connectivity index (χ1v) is 7.34.